The Morgan fingerprint density at radius 3 is 2.33 bits per heavy atom. The summed E-state index contributed by atoms with van der Waals surface area (Å²) in [4.78, 5) is 51.5. The first kappa shape index (κ1) is 21.1. The molecule has 0 aromatic carbocycles. The van der Waals surface area contributed by atoms with E-state index < -0.39 is 17.0 Å². The molecule has 0 spiro atoms. The molecule has 0 atom stereocenters. The number of nitrogens with zero attached hydrogens (tertiary/aromatic N) is 1. The largest absolute Gasteiger partial charge is 0.351 e. The zero-order chi connectivity index (χ0) is 20.4. The van der Waals surface area contributed by atoms with Crippen LogP contribution in [0.3, 0.4) is 0 Å². The highest BCUT2D eigenvalue weighted by atomic mass is 32.1. The normalized spacial score (nSPS) is 16.4. The fourth-order valence-corrected chi connectivity index (χ4v) is 3.70. The molecule has 2 N–H and O–H groups in total. The lowest BCUT2D eigenvalue weighted by molar-refractivity contribution is -0.131. The van der Waals surface area contributed by atoms with Crippen LogP contribution in [0.5, 0.6) is 0 Å². The number of hydrogen-bond acceptors (Lipinski definition) is 5. The summed E-state index contributed by atoms with van der Waals surface area (Å²) < 4.78 is 0. The van der Waals surface area contributed by atoms with E-state index in [0.29, 0.717) is 24.3 Å². The molecule has 1 fully saturated rings. The van der Waals surface area contributed by atoms with Crippen LogP contribution >= 0.6 is 11.3 Å². The summed E-state index contributed by atoms with van der Waals surface area (Å²) in [5.74, 6) is -0.710. The standard InChI is InChI=1S/C19H27N3O4S/c1-6-19(7-2)16(25)22(17(26)21-19)11-13(23)14-9-8-12(27-14)10-20-15(24)18(3,4)5/h8-9H,6-7,10-11H2,1-5H3,(H,20,24)(H,21,26). The third-order valence-electron chi connectivity index (χ3n) is 4.80. The van der Waals surface area contributed by atoms with E-state index in [2.05, 4.69) is 10.6 Å². The van der Waals surface area contributed by atoms with Crippen LogP contribution < -0.4 is 10.6 Å². The minimum Gasteiger partial charge on any atom is -0.351 e. The van der Waals surface area contributed by atoms with Crippen molar-refractivity contribution in [1.82, 2.24) is 15.5 Å². The fourth-order valence-electron chi connectivity index (χ4n) is 2.83. The quantitative estimate of drug-likeness (QED) is 0.550. The van der Waals surface area contributed by atoms with Crippen LogP contribution in [0.25, 0.3) is 0 Å². The highest BCUT2D eigenvalue weighted by Gasteiger charge is 2.49. The maximum Gasteiger partial charge on any atom is 0.325 e. The van der Waals surface area contributed by atoms with E-state index in [1.54, 1.807) is 12.1 Å². The topological polar surface area (TPSA) is 95.6 Å². The van der Waals surface area contributed by atoms with E-state index in [4.69, 9.17) is 0 Å². The molecule has 148 valence electrons. The van der Waals surface area contributed by atoms with Crippen LogP contribution in [0.15, 0.2) is 12.1 Å². The number of urea groups is 1. The molecule has 1 saturated heterocycles. The SMILES string of the molecule is CCC1(CC)NC(=O)N(CC(=O)c2ccc(CNC(=O)C(C)(C)C)s2)C1=O. The minimum absolute atomic E-state index is 0.0708. The number of Topliss-reactive ketones (excluding diaryl/α,β-unsaturated/α-hetero) is 1. The van der Waals surface area contributed by atoms with Crippen LogP contribution in [0, 0.1) is 5.41 Å². The van der Waals surface area contributed by atoms with Gasteiger partial charge in [0.15, 0.2) is 5.78 Å². The molecule has 0 saturated carbocycles. The Morgan fingerprint density at radius 2 is 1.81 bits per heavy atom. The molecular weight excluding hydrogens is 366 g/mol. The number of carbonyl (C=O) groups is 4. The molecule has 8 heteroatoms. The van der Waals surface area contributed by atoms with E-state index in [-0.39, 0.29) is 24.1 Å². The van der Waals surface area contributed by atoms with Gasteiger partial charge in [0.05, 0.1) is 18.0 Å². The lowest BCUT2D eigenvalue weighted by atomic mass is 9.93. The Morgan fingerprint density at radius 1 is 1.19 bits per heavy atom. The zero-order valence-electron chi connectivity index (χ0n) is 16.5. The molecule has 0 bridgehead atoms. The van der Waals surface area contributed by atoms with E-state index in [1.165, 1.54) is 11.3 Å². The average molecular weight is 394 g/mol. The molecule has 1 aromatic heterocycles. The van der Waals surface area contributed by atoms with Gasteiger partial charge in [0.1, 0.15) is 5.54 Å². The van der Waals surface area contributed by atoms with Crippen LogP contribution in [0.1, 0.15) is 62.0 Å². The van der Waals surface area contributed by atoms with Gasteiger partial charge in [0.2, 0.25) is 5.91 Å². The number of amides is 4. The van der Waals surface area contributed by atoms with Crippen LogP contribution in [0.4, 0.5) is 4.79 Å². The van der Waals surface area contributed by atoms with Gasteiger partial charge in [0.25, 0.3) is 5.91 Å². The van der Waals surface area contributed by atoms with Gasteiger partial charge in [-0.15, -0.1) is 11.3 Å². The van der Waals surface area contributed by atoms with Gasteiger partial charge in [0, 0.05) is 10.3 Å². The van der Waals surface area contributed by atoms with Crippen molar-refractivity contribution in [3.8, 4) is 0 Å². The second-order valence-electron chi connectivity index (χ2n) is 7.73. The van der Waals surface area contributed by atoms with Gasteiger partial charge in [-0.2, -0.15) is 0 Å². The molecule has 1 aromatic rings. The Balaban J connectivity index is 2.01. The first-order valence-corrected chi connectivity index (χ1v) is 9.90. The third-order valence-corrected chi connectivity index (χ3v) is 5.92. The van der Waals surface area contributed by atoms with E-state index in [9.17, 15) is 19.2 Å². The number of imide groups is 1. The molecule has 2 heterocycles. The molecule has 27 heavy (non-hydrogen) atoms. The maximum atomic E-state index is 12.6. The first-order valence-electron chi connectivity index (χ1n) is 9.08. The van der Waals surface area contributed by atoms with Crippen molar-refractivity contribution in [2.45, 2.75) is 59.5 Å². The lowest BCUT2D eigenvalue weighted by Crippen LogP contribution is -2.46. The van der Waals surface area contributed by atoms with E-state index in [1.807, 2.05) is 34.6 Å². The third kappa shape index (κ3) is 4.37. The Labute approximate surface area is 163 Å². The molecule has 0 aliphatic carbocycles. The number of hydrogen-bond donors (Lipinski definition) is 2. The van der Waals surface area contributed by atoms with Crippen molar-refractivity contribution < 1.29 is 19.2 Å². The maximum absolute atomic E-state index is 12.6. The van der Waals surface area contributed by atoms with Gasteiger partial charge in [-0.25, -0.2) is 4.79 Å². The highest BCUT2D eigenvalue weighted by Crippen LogP contribution is 2.26. The molecule has 1 aliphatic rings. The molecule has 1 aliphatic heterocycles. The second kappa shape index (κ2) is 7.80. The van der Waals surface area contributed by atoms with E-state index in [0.717, 1.165) is 9.78 Å². The van der Waals surface area contributed by atoms with Gasteiger partial charge in [-0.1, -0.05) is 34.6 Å². The summed E-state index contributed by atoms with van der Waals surface area (Å²) in [6.07, 6.45) is 0.963. The summed E-state index contributed by atoms with van der Waals surface area (Å²) in [5, 5.41) is 5.55. The Bertz CT molecular complexity index is 759. The first-order chi connectivity index (χ1) is 12.5. The number of carbonyl (C=O) groups excluding carboxylic acids is 4. The monoisotopic (exact) mass is 393 g/mol. The van der Waals surface area contributed by atoms with E-state index >= 15 is 0 Å². The summed E-state index contributed by atoms with van der Waals surface area (Å²) >= 11 is 1.26. The number of rotatable bonds is 7. The highest BCUT2D eigenvalue weighted by molar-refractivity contribution is 7.14. The minimum atomic E-state index is -0.908. The van der Waals surface area contributed by atoms with Crippen molar-refractivity contribution in [3.05, 3.63) is 21.9 Å². The van der Waals surface area contributed by atoms with Crippen LogP contribution in [0.2, 0.25) is 0 Å². The van der Waals surface area contributed by atoms with Gasteiger partial charge < -0.3 is 10.6 Å². The Kier molecular flexibility index (Phi) is 6.09. The van der Waals surface area contributed by atoms with Gasteiger partial charge in [-0.3, -0.25) is 19.3 Å². The smallest absolute Gasteiger partial charge is 0.325 e. The molecule has 4 amide bonds. The summed E-state index contributed by atoms with van der Waals surface area (Å²) in [6, 6.07) is 2.91. The lowest BCUT2D eigenvalue weighted by Gasteiger charge is -2.22. The van der Waals surface area contributed by atoms with Crippen molar-refractivity contribution >= 4 is 35.0 Å². The summed E-state index contributed by atoms with van der Waals surface area (Å²) in [6.45, 7) is 9.23. The second-order valence-corrected chi connectivity index (χ2v) is 8.90. The van der Waals surface area contributed by atoms with Crippen LogP contribution in [-0.2, 0) is 16.1 Å². The summed E-state index contributed by atoms with van der Waals surface area (Å²) in [5.41, 5.74) is -1.39. The molecule has 7 nitrogen and oxygen atoms in total. The van der Waals surface area contributed by atoms with Crippen molar-refractivity contribution in [3.63, 3.8) is 0 Å². The number of thiophene rings is 1. The number of ketones is 1. The van der Waals surface area contributed by atoms with Crippen molar-refractivity contribution in [2.24, 2.45) is 5.41 Å². The molecule has 2 rings (SSSR count). The zero-order valence-corrected chi connectivity index (χ0v) is 17.3. The van der Waals surface area contributed by atoms with Crippen LogP contribution in [-0.4, -0.2) is 40.6 Å². The van der Waals surface area contributed by atoms with Crippen molar-refractivity contribution in [1.29, 1.82) is 0 Å². The predicted octanol–water partition coefficient (Wildman–Crippen LogP) is 2.70. The molecular formula is C19H27N3O4S. The fraction of sp³-hybridized carbons (Fsp3) is 0.579. The molecule has 0 unspecified atom stereocenters. The average Bonchev–Trinajstić information content (AvgIpc) is 3.17. The van der Waals surface area contributed by atoms with Gasteiger partial charge in [-0.05, 0) is 25.0 Å². The number of nitrogens with one attached hydrogen (secondary N) is 2. The summed E-state index contributed by atoms with van der Waals surface area (Å²) in [7, 11) is 0. The molecule has 0 radical (unpaired) electrons. The predicted molar refractivity (Wildman–Crippen MR) is 104 cm³/mol. The van der Waals surface area contributed by atoms with Gasteiger partial charge >= 0.3 is 6.03 Å². The van der Waals surface area contributed by atoms with Crippen molar-refractivity contribution in [2.75, 3.05) is 6.54 Å². The Hall–Kier alpha value is -2.22.